The third-order valence-corrected chi connectivity index (χ3v) is 4.64. The second-order valence-electron chi connectivity index (χ2n) is 5.75. The Morgan fingerprint density at radius 1 is 1.36 bits per heavy atom. The van der Waals surface area contributed by atoms with Crippen LogP contribution in [-0.4, -0.2) is 36.9 Å². The molecule has 0 saturated carbocycles. The van der Waals surface area contributed by atoms with Crippen LogP contribution in [0.25, 0.3) is 5.65 Å². The van der Waals surface area contributed by atoms with Crippen molar-refractivity contribution < 1.29 is 9.72 Å². The van der Waals surface area contributed by atoms with Gasteiger partial charge in [-0.05, 0) is 27.9 Å². The van der Waals surface area contributed by atoms with Crippen LogP contribution in [0.1, 0.15) is 21.6 Å². The molecule has 0 spiro atoms. The van der Waals surface area contributed by atoms with Crippen LogP contribution in [-0.2, 0) is 13.0 Å². The number of hydrogen-bond acceptors (Lipinski definition) is 5. The molecule has 0 radical (unpaired) electrons. The fourth-order valence-corrected chi connectivity index (χ4v) is 3.35. The average Bonchev–Trinajstić information content (AvgIpc) is 3.03. The van der Waals surface area contributed by atoms with Gasteiger partial charge in [0.1, 0.15) is 0 Å². The molecule has 4 rings (SSSR count). The number of carbonyl (C=O) groups is 1. The molecule has 1 aliphatic heterocycles. The number of fused-ring (bicyclic) bond motifs is 2. The van der Waals surface area contributed by atoms with Crippen molar-refractivity contribution in [3.8, 4) is 0 Å². The molecule has 3 aromatic rings. The number of aromatic nitrogens is 3. The van der Waals surface area contributed by atoms with Gasteiger partial charge in [-0.3, -0.25) is 14.9 Å². The highest BCUT2D eigenvalue weighted by Gasteiger charge is 2.28. The molecule has 8 nitrogen and oxygen atoms in total. The molecule has 0 unspecified atom stereocenters. The molecular formula is C16H12BrN5O3. The smallest absolute Gasteiger partial charge is 0.274 e. The highest BCUT2D eigenvalue weighted by atomic mass is 79.9. The number of amides is 1. The molecule has 25 heavy (non-hydrogen) atoms. The summed E-state index contributed by atoms with van der Waals surface area (Å²) in [5.41, 5.74) is 2.51. The van der Waals surface area contributed by atoms with Crippen molar-refractivity contribution in [1.29, 1.82) is 0 Å². The Morgan fingerprint density at radius 2 is 2.20 bits per heavy atom. The van der Waals surface area contributed by atoms with E-state index in [1.165, 1.54) is 6.07 Å². The van der Waals surface area contributed by atoms with E-state index in [1.54, 1.807) is 33.9 Å². The summed E-state index contributed by atoms with van der Waals surface area (Å²) in [7, 11) is 0. The van der Waals surface area contributed by atoms with Crippen molar-refractivity contribution in [3.63, 3.8) is 0 Å². The van der Waals surface area contributed by atoms with Crippen LogP contribution in [0.4, 0.5) is 5.69 Å². The normalized spacial score (nSPS) is 13.7. The lowest BCUT2D eigenvalue weighted by Crippen LogP contribution is -2.36. The van der Waals surface area contributed by atoms with Crippen molar-refractivity contribution in [2.75, 3.05) is 6.54 Å². The van der Waals surface area contributed by atoms with Gasteiger partial charge in [0, 0.05) is 43.2 Å². The molecule has 3 heterocycles. The van der Waals surface area contributed by atoms with Crippen LogP contribution in [0.5, 0.6) is 0 Å². The Balaban J connectivity index is 1.63. The van der Waals surface area contributed by atoms with E-state index in [1.807, 2.05) is 6.07 Å². The zero-order chi connectivity index (χ0) is 17.6. The lowest BCUT2D eigenvalue weighted by Gasteiger charge is -2.27. The first-order valence-corrected chi connectivity index (χ1v) is 8.37. The largest absolute Gasteiger partial charge is 0.333 e. The molecule has 2 aromatic heterocycles. The van der Waals surface area contributed by atoms with Gasteiger partial charge in [-0.15, -0.1) is 0 Å². The molecule has 0 saturated heterocycles. The summed E-state index contributed by atoms with van der Waals surface area (Å²) in [4.78, 5) is 29.4. The van der Waals surface area contributed by atoms with Crippen LogP contribution in [0.15, 0.2) is 41.1 Å². The zero-order valence-electron chi connectivity index (χ0n) is 12.9. The Kier molecular flexibility index (Phi) is 3.72. The van der Waals surface area contributed by atoms with Crippen LogP contribution < -0.4 is 0 Å². The third kappa shape index (κ3) is 2.76. The third-order valence-electron chi connectivity index (χ3n) is 4.23. The molecular weight excluding hydrogens is 390 g/mol. The maximum Gasteiger partial charge on any atom is 0.274 e. The fraction of sp³-hybridized carbons (Fsp3) is 0.188. The number of benzene rings is 1. The molecule has 126 valence electrons. The molecule has 1 aromatic carbocycles. The van der Waals surface area contributed by atoms with Gasteiger partial charge in [0.05, 0.1) is 9.40 Å². The van der Waals surface area contributed by atoms with Gasteiger partial charge in [-0.2, -0.15) is 5.10 Å². The van der Waals surface area contributed by atoms with Crippen molar-refractivity contribution in [2.24, 2.45) is 0 Å². The first kappa shape index (κ1) is 15.7. The van der Waals surface area contributed by atoms with E-state index >= 15 is 0 Å². The Hall–Kier alpha value is -2.81. The summed E-state index contributed by atoms with van der Waals surface area (Å²) in [6, 6.07) is 6.61. The second kappa shape index (κ2) is 5.92. The molecule has 0 bridgehead atoms. The van der Waals surface area contributed by atoms with Gasteiger partial charge in [0.2, 0.25) is 0 Å². The fourth-order valence-electron chi connectivity index (χ4n) is 3.05. The minimum Gasteiger partial charge on any atom is -0.333 e. The lowest BCUT2D eigenvalue weighted by atomic mass is 9.97. The van der Waals surface area contributed by atoms with Gasteiger partial charge in [0.15, 0.2) is 11.3 Å². The molecule has 0 atom stereocenters. The molecule has 1 amide bonds. The molecule has 1 aliphatic rings. The van der Waals surface area contributed by atoms with E-state index < -0.39 is 0 Å². The standard InChI is InChI=1S/C16H12BrN5O3/c17-11-7-18-15-6-13(19-21(15)9-11)16(23)20-5-4-12-10(8-20)2-1-3-14(12)22(24)25/h1-3,6-7,9H,4-5,8H2. The zero-order valence-corrected chi connectivity index (χ0v) is 14.5. The summed E-state index contributed by atoms with van der Waals surface area (Å²) >= 11 is 3.32. The van der Waals surface area contributed by atoms with Crippen LogP contribution in [0.2, 0.25) is 0 Å². The Bertz CT molecular complexity index is 1020. The summed E-state index contributed by atoms with van der Waals surface area (Å²) in [5.74, 6) is -0.209. The van der Waals surface area contributed by atoms with Crippen molar-refractivity contribution >= 4 is 33.2 Å². The quantitative estimate of drug-likeness (QED) is 0.485. The van der Waals surface area contributed by atoms with Crippen molar-refractivity contribution in [2.45, 2.75) is 13.0 Å². The maximum atomic E-state index is 12.8. The Labute approximate surface area is 150 Å². The summed E-state index contributed by atoms with van der Waals surface area (Å²) in [6.07, 6.45) is 3.82. The topological polar surface area (TPSA) is 93.6 Å². The molecule has 0 N–H and O–H groups in total. The number of carbonyl (C=O) groups excluding carboxylic acids is 1. The van der Waals surface area contributed by atoms with E-state index in [0.717, 1.165) is 10.0 Å². The van der Waals surface area contributed by atoms with E-state index in [-0.39, 0.29) is 16.5 Å². The van der Waals surface area contributed by atoms with Crippen molar-refractivity contribution in [1.82, 2.24) is 19.5 Å². The van der Waals surface area contributed by atoms with Crippen LogP contribution in [0.3, 0.4) is 0 Å². The maximum absolute atomic E-state index is 12.8. The number of halogens is 1. The molecule has 0 fully saturated rings. The summed E-state index contributed by atoms with van der Waals surface area (Å²) < 4.78 is 2.31. The highest BCUT2D eigenvalue weighted by Crippen LogP contribution is 2.28. The predicted molar refractivity (Wildman–Crippen MR) is 92.2 cm³/mol. The SMILES string of the molecule is O=C(c1cc2ncc(Br)cn2n1)N1CCc2c(cccc2[N+](=O)[O-])C1. The number of nitro benzene ring substituents is 1. The van der Waals surface area contributed by atoms with E-state index in [4.69, 9.17) is 0 Å². The van der Waals surface area contributed by atoms with Gasteiger partial charge >= 0.3 is 0 Å². The minimum absolute atomic E-state index is 0.117. The number of hydrogen-bond donors (Lipinski definition) is 0. The van der Waals surface area contributed by atoms with E-state index in [0.29, 0.717) is 36.4 Å². The number of nitro groups is 1. The molecule has 9 heteroatoms. The van der Waals surface area contributed by atoms with Crippen molar-refractivity contribution in [3.05, 3.63) is 68.1 Å². The second-order valence-corrected chi connectivity index (χ2v) is 6.67. The van der Waals surface area contributed by atoms with E-state index in [9.17, 15) is 14.9 Å². The number of rotatable bonds is 2. The highest BCUT2D eigenvalue weighted by molar-refractivity contribution is 9.10. The summed E-state index contributed by atoms with van der Waals surface area (Å²) in [6.45, 7) is 0.753. The van der Waals surface area contributed by atoms with Crippen LogP contribution >= 0.6 is 15.9 Å². The van der Waals surface area contributed by atoms with Crippen LogP contribution in [0, 0.1) is 10.1 Å². The first-order chi connectivity index (χ1) is 12.0. The average molecular weight is 402 g/mol. The summed E-state index contributed by atoms with van der Waals surface area (Å²) in [5, 5.41) is 15.4. The first-order valence-electron chi connectivity index (χ1n) is 7.58. The predicted octanol–water partition coefficient (Wildman–Crippen LogP) is 2.60. The van der Waals surface area contributed by atoms with Gasteiger partial charge < -0.3 is 4.90 Å². The number of nitrogens with zero attached hydrogens (tertiary/aromatic N) is 5. The minimum atomic E-state index is -0.373. The Morgan fingerprint density at radius 3 is 3.00 bits per heavy atom. The van der Waals surface area contributed by atoms with E-state index in [2.05, 4.69) is 26.0 Å². The van der Waals surface area contributed by atoms with Gasteiger partial charge in [-0.1, -0.05) is 12.1 Å². The molecule has 0 aliphatic carbocycles. The van der Waals surface area contributed by atoms with Gasteiger partial charge in [-0.25, -0.2) is 9.50 Å². The lowest BCUT2D eigenvalue weighted by molar-refractivity contribution is -0.385. The van der Waals surface area contributed by atoms with Gasteiger partial charge in [0.25, 0.3) is 11.6 Å². The monoisotopic (exact) mass is 401 g/mol.